The number of hydrogen-bond donors (Lipinski definition) is 1. The number of hydrogen-bond acceptors (Lipinski definition) is 3. The van der Waals surface area contributed by atoms with E-state index >= 15 is 0 Å². The van der Waals surface area contributed by atoms with E-state index in [1.165, 1.54) is 6.07 Å². The third-order valence-electron chi connectivity index (χ3n) is 3.51. The lowest BCUT2D eigenvalue weighted by Gasteiger charge is -2.38. The molecule has 1 aliphatic heterocycles. The number of para-hydroxylation sites is 1. The summed E-state index contributed by atoms with van der Waals surface area (Å²) in [6, 6.07) is 5.87. The molecule has 1 aromatic rings. The van der Waals surface area contributed by atoms with E-state index < -0.39 is 5.82 Å². The minimum absolute atomic E-state index is 0.0995. The van der Waals surface area contributed by atoms with Crippen molar-refractivity contribution in [2.45, 2.75) is 39.0 Å². The highest BCUT2D eigenvalue weighted by Gasteiger charge is 2.29. The van der Waals surface area contributed by atoms with Crippen molar-refractivity contribution in [1.82, 2.24) is 4.90 Å². The highest BCUT2D eigenvalue weighted by atomic mass is 19.1. The van der Waals surface area contributed by atoms with Crippen LogP contribution in [0.4, 0.5) is 10.1 Å². The van der Waals surface area contributed by atoms with Gasteiger partial charge in [0.15, 0.2) is 0 Å². The third-order valence-corrected chi connectivity index (χ3v) is 3.51. The van der Waals surface area contributed by atoms with E-state index in [1.54, 1.807) is 18.2 Å². The Balaban J connectivity index is 2.00. The zero-order chi connectivity index (χ0) is 14.7. The number of halogens is 1. The first kappa shape index (κ1) is 14.9. The maximum Gasteiger partial charge on any atom is 0.241 e. The molecule has 3 atom stereocenters. The van der Waals surface area contributed by atoms with Gasteiger partial charge in [-0.3, -0.25) is 9.69 Å². The van der Waals surface area contributed by atoms with E-state index in [0.717, 1.165) is 0 Å². The second-order valence-corrected chi connectivity index (χ2v) is 5.36. The van der Waals surface area contributed by atoms with Gasteiger partial charge in [0.05, 0.1) is 23.9 Å². The number of benzene rings is 1. The molecule has 4 nitrogen and oxygen atoms in total. The lowest BCUT2D eigenvalue weighted by atomic mass is 10.1. The maximum absolute atomic E-state index is 13.5. The van der Waals surface area contributed by atoms with Crippen LogP contribution in [-0.4, -0.2) is 42.1 Å². The molecule has 1 fully saturated rings. The van der Waals surface area contributed by atoms with Crippen molar-refractivity contribution in [3.05, 3.63) is 30.1 Å². The smallest absolute Gasteiger partial charge is 0.241 e. The van der Waals surface area contributed by atoms with Crippen molar-refractivity contribution in [3.63, 3.8) is 0 Å². The Labute approximate surface area is 118 Å². The van der Waals surface area contributed by atoms with Crippen molar-refractivity contribution in [2.75, 3.05) is 18.4 Å². The monoisotopic (exact) mass is 280 g/mol. The SMILES string of the molecule is C[C@@H]1CN([C@@H](C)C(=O)Nc2ccccc2F)C[C@H](C)O1. The van der Waals surface area contributed by atoms with Crippen LogP contribution in [0, 0.1) is 5.82 Å². The summed E-state index contributed by atoms with van der Waals surface area (Å²) in [5, 5.41) is 2.64. The Morgan fingerprint density at radius 1 is 1.35 bits per heavy atom. The van der Waals surface area contributed by atoms with Crippen LogP contribution in [0.25, 0.3) is 0 Å². The number of amides is 1. The first-order chi connectivity index (χ1) is 9.47. The van der Waals surface area contributed by atoms with Crippen molar-refractivity contribution in [2.24, 2.45) is 0 Å². The molecule has 0 unspecified atom stereocenters. The second kappa shape index (κ2) is 6.33. The van der Waals surface area contributed by atoms with Gasteiger partial charge in [-0.05, 0) is 32.9 Å². The van der Waals surface area contributed by atoms with Crippen molar-refractivity contribution in [3.8, 4) is 0 Å². The Hall–Kier alpha value is -1.46. The van der Waals surface area contributed by atoms with Crippen molar-refractivity contribution < 1.29 is 13.9 Å². The summed E-state index contributed by atoms with van der Waals surface area (Å²) < 4.78 is 19.2. The van der Waals surface area contributed by atoms with E-state index in [-0.39, 0.29) is 29.8 Å². The van der Waals surface area contributed by atoms with Gasteiger partial charge in [-0.15, -0.1) is 0 Å². The zero-order valence-corrected chi connectivity index (χ0v) is 12.1. The molecule has 20 heavy (non-hydrogen) atoms. The van der Waals surface area contributed by atoms with E-state index in [4.69, 9.17) is 4.74 Å². The summed E-state index contributed by atoms with van der Waals surface area (Å²) in [5.41, 5.74) is 0.221. The van der Waals surface area contributed by atoms with Gasteiger partial charge in [-0.1, -0.05) is 12.1 Å². The minimum Gasteiger partial charge on any atom is -0.373 e. The predicted octanol–water partition coefficient (Wildman–Crippen LogP) is 2.26. The van der Waals surface area contributed by atoms with Gasteiger partial charge in [0, 0.05) is 13.1 Å². The van der Waals surface area contributed by atoms with E-state index in [0.29, 0.717) is 13.1 Å². The summed E-state index contributed by atoms with van der Waals surface area (Å²) in [7, 11) is 0. The van der Waals surface area contributed by atoms with Crippen LogP contribution < -0.4 is 5.32 Å². The lowest BCUT2D eigenvalue weighted by molar-refractivity contribution is -0.126. The molecule has 1 aliphatic rings. The van der Waals surface area contributed by atoms with Crippen LogP contribution in [0.3, 0.4) is 0 Å². The Morgan fingerprint density at radius 3 is 2.55 bits per heavy atom. The maximum atomic E-state index is 13.5. The number of nitrogens with zero attached hydrogens (tertiary/aromatic N) is 1. The van der Waals surface area contributed by atoms with Gasteiger partial charge in [0.2, 0.25) is 5.91 Å². The quantitative estimate of drug-likeness (QED) is 0.923. The molecule has 1 saturated heterocycles. The molecule has 2 rings (SSSR count). The molecule has 0 aliphatic carbocycles. The van der Waals surface area contributed by atoms with Crippen LogP contribution in [0.1, 0.15) is 20.8 Å². The molecule has 1 amide bonds. The van der Waals surface area contributed by atoms with Crippen LogP contribution >= 0.6 is 0 Å². The molecule has 0 bridgehead atoms. The Bertz CT molecular complexity index is 471. The Kier molecular flexibility index (Phi) is 4.73. The van der Waals surface area contributed by atoms with Gasteiger partial charge < -0.3 is 10.1 Å². The average molecular weight is 280 g/mol. The molecule has 1 heterocycles. The van der Waals surface area contributed by atoms with Crippen molar-refractivity contribution in [1.29, 1.82) is 0 Å². The summed E-state index contributed by atoms with van der Waals surface area (Å²) in [4.78, 5) is 14.3. The summed E-state index contributed by atoms with van der Waals surface area (Å²) in [6.07, 6.45) is 0.199. The van der Waals surface area contributed by atoms with Gasteiger partial charge in [0.25, 0.3) is 0 Å². The number of ether oxygens (including phenoxy) is 1. The molecule has 0 spiro atoms. The molecule has 0 saturated carbocycles. The summed E-state index contributed by atoms with van der Waals surface area (Å²) >= 11 is 0. The van der Waals surface area contributed by atoms with Gasteiger partial charge in [0.1, 0.15) is 5.82 Å². The van der Waals surface area contributed by atoms with Crippen LogP contribution in [0.15, 0.2) is 24.3 Å². The second-order valence-electron chi connectivity index (χ2n) is 5.36. The zero-order valence-electron chi connectivity index (χ0n) is 12.1. The fourth-order valence-corrected chi connectivity index (χ4v) is 2.50. The number of rotatable bonds is 3. The van der Waals surface area contributed by atoms with Crippen LogP contribution in [0.2, 0.25) is 0 Å². The molecular formula is C15H21FN2O2. The normalized spacial score (nSPS) is 25.2. The molecule has 0 radical (unpaired) electrons. The van der Waals surface area contributed by atoms with Gasteiger partial charge in [-0.25, -0.2) is 4.39 Å². The largest absolute Gasteiger partial charge is 0.373 e. The van der Waals surface area contributed by atoms with Crippen LogP contribution in [0.5, 0.6) is 0 Å². The third kappa shape index (κ3) is 3.55. The van der Waals surface area contributed by atoms with Gasteiger partial charge in [-0.2, -0.15) is 0 Å². The summed E-state index contributed by atoms with van der Waals surface area (Å²) in [6.45, 7) is 7.22. The fraction of sp³-hybridized carbons (Fsp3) is 0.533. The highest BCUT2D eigenvalue weighted by molar-refractivity contribution is 5.94. The number of morpholine rings is 1. The number of nitrogens with one attached hydrogen (secondary N) is 1. The standard InChI is InChI=1S/C15H21FN2O2/c1-10-8-18(9-11(2)20-10)12(3)15(19)17-14-7-5-4-6-13(14)16/h4-7,10-12H,8-9H2,1-3H3,(H,17,19)/t10-,11+,12-/m0/s1. The fourth-order valence-electron chi connectivity index (χ4n) is 2.50. The van der Waals surface area contributed by atoms with Crippen molar-refractivity contribution >= 4 is 11.6 Å². The number of carbonyl (C=O) groups is 1. The first-order valence-corrected chi connectivity index (χ1v) is 6.92. The highest BCUT2D eigenvalue weighted by Crippen LogP contribution is 2.16. The van der Waals surface area contributed by atoms with E-state index in [2.05, 4.69) is 10.2 Å². The van der Waals surface area contributed by atoms with E-state index in [9.17, 15) is 9.18 Å². The average Bonchev–Trinajstić information content (AvgIpc) is 2.39. The number of anilines is 1. The minimum atomic E-state index is -0.420. The lowest BCUT2D eigenvalue weighted by Crippen LogP contribution is -2.52. The van der Waals surface area contributed by atoms with Crippen LogP contribution in [-0.2, 0) is 9.53 Å². The Morgan fingerprint density at radius 2 is 1.95 bits per heavy atom. The summed E-state index contributed by atoms with van der Waals surface area (Å²) in [5.74, 6) is -0.617. The number of carbonyl (C=O) groups excluding carboxylic acids is 1. The van der Waals surface area contributed by atoms with Gasteiger partial charge >= 0.3 is 0 Å². The molecule has 1 N–H and O–H groups in total. The first-order valence-electron chi connectivity index (χ1n) is 6.92. The molecule has 1 aromatic carbocycles. The molecule has 0 aromatic heterocycles. The van der Waals surface area contributed by atoms with E-state index in [1.807, 2.05) is 20.8 Å². The predicted molar refractivity (Wildman–Crippen MR) is 76.1 cm³/mol. The molecule has 5 heteroatoms. The molecular weight excluding hydrogens is 259 g/mol. The molecule has 110 valence electrons. The topological polar surface area (TPSA) is 41.6 Å².